The van der Waals surface area contributed by atoms with Gasteiger partial charge in [-0.15, -0.1) is 0 Å². The van der Waals surface area contributed by atoms with Gasteiger partial charge in [0.15, 0.2) is 0 Å². The van der Waals surface area contributed by atoms with Gasteiger partial charge in [0, 0.05) is 18.1 Å². The standard InChI is InChI=1S/C16H20Cl2N4O3/c1-2-6-21(10-15(24)22-7-5-19-16(22)25)9-14(23)20-13-4-3-11(17)8-12(13)18/h3-4,8H,2,5-7,9-10H2,1H3,(H,19,25)(H,20,23). The van der Waals surface area contributed by atoms with Crippen LogP contribution in [-0.4, -0.2) is 60.4 Å². The molecular weight excluding hydrogens is 367 g/mol. The number of urea groups is 1. The average Bonchev–Trinajstić information content (AvgIpc) is 2.96. The molecule has 2 rings (SSSR count). The summed E-state index contributed by atoms with van der Waals surface area (Å²) >= 11 is 11.9. The minimum Gasteiger partial charge on any atom is -0.336 e. The Balaban J connectivity index is 1.94. The summed E-state index contributed by atoms with van der Waals surface area (Å²) in [4.78, 5) is 38.9. The third kappa shape index (κ3) is 5.59. The van der Waals surface area contributed by atoms with E-state index in [1.54, 1.807) is 17.0 Å². The first-order chi connectivity index (χ1) is 11.9. The number of hydrogen-bond acceptors (Lipinski definition) is 4. The number of hydrogen-bond donors (Lipinski definition) is 2. The molecule has 4 amide bonds. The molecule has 0 radical (unpaired) electrons. The van der Waals surface area contributed by atoms with Gasteiger partial charge in [0.25, 0.3) is 0 Å². The van der Waals surface area contributed by atoms with Crippen molar-refractivity contribution in [2.75, 3.05) is 38.0 Å². The van der Waals surface area contributed by atoms with E-state index in [9.17, 15) is 14.4 Å². The lowest BCUT2D eigenvalue weighted by Gasteiger charge is -2.22. The van der Waals surface area contributed by atoms with Crippen LogP contribution >= 0.6 is 23.2 Å². The number of rotatable bonds is 7. The van der Waals surface area contributed by atoms with Crippen LogP contribution in [0.4, 0.5) is 10.5 Å². The summed E-state index contributed by atoms with van der Waals surface area (Å²) in [5.41, 5.74) is 0.456. The first kappa shape index (κ1) is 19.5. The van der Waals surface area contributed by atoms with Crippen molar-refractivity contribution in [1.82, 2.24) is 15.1 Å². The molecular formula is C16H20Cl2N4O3. The van der Waals surface area contributed by atoms with E-state index in [1.165, 1.54) is 6.07 Å². The second-order valence-electron chi connectivity index (χ2n) is 5.66. The molecule has 1 aromatic carbocycles. The van der Waals surface area contributed by atoms with Crippen LogP contribution in [-0.2, 0) is 9.59 Å². The Bertz CT molecular complexity index is 669. The normalized spacial score (nSPS) is 13.9. The SMILES string of the molecule is CCCN(CC(=O)Nc1ccc(Cl)cc1Cl)CC(=O)N1CCNC1=O. The number of imide groups is 1. The van der Waals surface area contributed by atoms with Crippen molar-refractivity contribution in [3.8, 4) is 0 Å². The highest BCUT2D eigenvalue weighted by Gasteiger charge is 2.27. The summed E-state index contributed by atoms with van der Waals surface area (Å²) in [5.74, 6) is -0.614. The van der Waals surface area contributed by atoms with Crippen molar-refractivity contribution in [3.63, 3.8) is 0 Å². The van der Waals surface area contributed by atoms with Crippen molar-refractivity contribution in [2.24, 2.45) is 0 Å². The molecule has 2 N–H and O–H groups in total. The van der Waals surface area contributed by atoms with E-state index in [4.69, 9.17) is 23.2 Å². The Morgan fingerprint density at radius 2 is 2.08 bits per heavy atom. The monoisotopic (exact) mass is 386 g/mol. The fourth-order valence-corrected chi connectivity index (χ4v) is 2.96. The zero-order valence-corrected chi connectivity index (χ0v) is 15.4. The molecule has 0 aromatic heterocycles. The topological polar surface area (TPSA) is 81.8 Å². The van der Waals surface area contributed by atoms with E-state index < -0.39 is 0 Å². The van der Waals surface area contributed by atoms with Gasteiger partial charge in [0.2, 0.25) is 11.8 Å². The molecule has 25 heavy (non-hydrogen) atoms. The number of benzene rings is 1. The number of halogens is 2. The third-order valence-corrected chi connectivity index (χ3v) is 4.18. The smallest absolute Gasteiger partial charge is 0.324 e. The van der Waals surface area contributed by atoms with Gasteiger partial charge in [-0.05, 0) is 31.2 Å². The maximum Gasteiger partial charge on any atom is 0.324 e. The van der Waals surface area contributed by atoms with Gasteiger partial charge in [0.1, 0.15) is 0 Å². The predicted octanol–water partition coefficient (Wildman–Crippen LogP) is 2.20. The predicted molar refractivity (Wildman–Crippen MR) is 96.9 cm³/mol. The Hall–Kier alpha value is -1.83. The average molecular weight is 387 g/mol. The van der Waals surface area contributed by atoms with E-state index in [1.807, 2.05) is 6.92 Å². The molecule has 1 heterocycles. The molecule has 0 atom stereocenters. The molecule has 0 spiro atoms. The van der Waals surface area contributed by atoms with Crippen LogP contribution in [0.25, 0.3) is 0 Å². The molecule has 0 saturated carbocycles. The second-order valence-corrected chi connectivity index (χ2v) is 6.50. The summed E-state index contributed by atoms with van der Waals surface area (Å²) < 4.78 is 0. The number of nitrogens with zero attached hydrogens (tertiary/aromatic N) is 2. The van der Waals surface area contributed by atoms with Crippen molar-refractivity contribution in [1.29, 1.82) is 0 Å². The molecule has 0 bridgehead atoms. The quantitative estimate of drug-likeness (QED) is 0.752. The molecule has 1 saturated heterocycles. The van der Waals surface area contributed by atoms with Crippen molar-refractivity contribution in [3.05, 3.63) is 28.2 Å². The minimum atomic E-state index is -0.390. The van der Waals surface area contributed by atoms with Crippen LogP contribution in [0.3, 0.4) is 0 Å². The van der Waals surface area contributed by atoms with Crippen LogP contribution < -0.4 is 10.6 Å². The summed E-state index contributed by atoms with van der Waals surface area (Å²) in [6, 6.07) is 4.39. The fourth-order valence-electron chi connectivity index (χ4n) is 2.50. The second kappa shape index (κ2) is 9.03. The van der Waals surface area contributed by atoms with E-state index in [-0.39, 0.29) is 30.9 Å². The molecule has 1 aliphatic rings. The molecule has 1 fully saturated rings. The van der Waals surface area contributed by atoms with Gasteiger partial charge in [-0.3, -0.25) is 19.4 Å². The van der Waals surface area contributed by atoms with Crippen LogP contribution in [0.1, 0.15) is 13.3 Å². The highest BCUT2D eigenvalue weighted by Crippen LogP contribution is 2.25. The highest BCUT2D eigenvalue weighted by molar-refractivity contribution is 6.36. The van der Waals surface area contributed by atoms with Crippen LogP contribution in [0.2, 0.25) is 10.0 Å². The number of carbonyl (C=O) groups is 3. The number of carbonyl (C=O) groups excluding carboxylic acids is 3. The van der Waals surface area contributed by atoms with Gasteiger partial charge >= 0.3 is 6.03 Å². The highest BCUT2D eigenvalue weighted by atomic mass is 35.5. The zero-order valence-electron chi connectivity index (χ0n) is 13.8. The molecule has 7 nitrogen and oxygen atoms in total. The summed E-state index contributed by atoms with van der Waals surface area (Å²) in [7, 11) is 0. The van der Waals surface area contributed by atoms with E-state index in [0.29, 0.717) is 35.4 Å². The lowest BCUT2D eigenvalue weighted by Crippen LogP contribution is -2.44. The molecule has 1 aromatic rings. The van der Waals surface area contributed by atoms with E-state index in [0.717, 1.165) is 11.3 Å². The first-order valence-electron chi connectivity index (χ1n) is 7.96. The van der Waals surface area contributed by atoms with Crippen molar-refractivity contribution in [2.45, 2.75) is 13.3 Å². The lowest BCUT2D eigenvalue weighted by atomic mass is 10.3. The molecule has 136 valence electrons. The number of amides is 4. The van der Waals surface area contributed by atoms with Gasteiger partial charge in [0.05, 0.1) is 23.8 Å². The van der Waals surface area contributed by atoms with Gasteiger partial charge < -0.3 is 10.6 Å². The van der Waals surface area contributed by atoms with Crippen LogP contribution in [0.15, 0.2) is 18.2 Å². The third-order valence-electron chi connectivity index (χ3n) is 3.63. The van der Waals surface area contributed by atoms with Crippen LogP contribution in [0.5, 0.6) is 0 Å². The molecule has 9 heteroatoms. The Morgan fingerprint density at radius 1 is 1.32 bits per heavy atom. The van der Waals surface area contributed by atoms with Crippen molar-refractivity contribution < 1.29 is 14.4 Å². The maximum absolute atomic E-state index is 12.3. The zero-order chi connectivity index (χ0) is 18.4. The van der Waals surface area contributed by atoms with Gasteiger partial charge in [-0.25, -0.2) is 4.79 Å². The van der Waals surface area contributed by atoms with E-state index in [2.05, 4.69) is 10.6 Å². The summed E-state index contributed by atoms with van der Waals surface area (Å²) in [6.07, 6.45) is 0.772. The van der Waals surface area contributed by atoms with Gasteiger partial charge in [-0.2, -0.15) is 0 Å². The number of nitrogens with one attached hydrogen (secondary N) is 2. The molecule has 1 aliphatic heterocycles. The van der Waals surface area contributed by atoms with Crippen molar-refractivity contribution >= 4 is 46.7 Å². The summed E-state index contributed by atoms with van der Waals surface area (Å²) in [5, 5.41) is 6.10. The minimum absolute atomic E-state index is 0.00301. The lowest BCUT2D eigenvalue weighted by molar-refractivity contribution is -0.129. The first-order valence-corrected chi connectivity index (χ1v) is 8.71. The molecule has 0 unspecified atom stereocenters. The Labute approximate surface area is 156 Å². The summed E-state index contributed by atoms with van der Waals surface area (Å²) in [6.45, 7) is 3.34. The Morgan fingerprint density at radius 3 is 2.68 bits per heavy atom. The molecule has 0 aliphatic carbocycles. The maximum atomic E-state index is 12.3. The fraction of sp³-hybridized carbons (Fsp3) is 0.438. The largest absolute Gasteiger partial charge is 0.336 e. The van der Waals surface area contributed by atoms with Gasteiger partial charge in [-0.1, -0.05) is 30.1 Å². The van der Waals surface area contributed by atoms with Crippen LogP contribution in [0, 0.1) is 0 Å². The van der Waals surface area contributed by atoms with E-state index >= 15 is 0 Å². The number of anilines is 1. The Kier molecular flexibility index (Phi) is 7.04.